The molecule has 0 radical (unpaired) electrons. The van der Waals surface area contributed by atoms with Gasteiger partial charge in [-0.3, -0.25) is 13.8 Å². The summed E-state index contributed by atoms with van der Waals surface area (Å²) in [5.41, 5.74) is 1.19. The van der Waals surface area contributed by atoms with Crippen LogP contribution in [0.5, 0.6) is 0 Å². The number of benzene rings is 1. The number of rotatable bonds is 7. The van der Waals surface area contributed by atoms with E-state index in [1.807, 2.05) is 54.5 Å². The summed E-state index contributed by atoms with van der Waals surface area (Å²) in [5.74, 6) is 0.655. The molecule has 0 bridgehead atoms. The van der Waals surface area contributed by atoms with Crippen molar-refractivity contribution in [1.29, 1.82) is 0 Å². The first-order valence-corrected chi connectivity index (χ1v) is 8.53. The third-order valence-electron chi connectivity index (χ3n) is 3.44. The number of aryl methyl sites for hydroxylation is 1. The molecular weight excluding hydrogens is 282 g/mol. The Hall–Kier alpha value is -1.46. The molecule has 0 aliphatic rings. The van der Waals surface area contributed by atoms with E-state index in [-0.39, 0.29) is 0 Å². The van der Waals surface area contributed by atoms with Gasteiger partial charge in [-0.25, -0.2) is 0 Å². The molecule has 0 aliphatic carbocycles. The molecule has 0 fully saturated rings. The van der Waals surface area contributed by atoms with Crippen LogP contribution < -0.4 is 0 Å². The van der Waals surface area contributed by atoms with E-state index in [9.17, 15) is 4.21 Å². The van der Waals surface area contributed by atoms with Crippen LogP contribution in [0.1, 0.15) is 19.4 Å². The minimum absolute atomic E-state index is 0.415. The van der Waals surface area contributed by atoms with Gasteiger partial charge in [-0.2, -0.15) is 5.10 Å². The van der Waals surface area contributed by atoms with Crippen LogP contribution in [0, 0.1) is 0 Å². The Labute approximate surface area is 129 Å². The van der Waals surface area contributed by atoms with Gasteiger partial charge in [-0.1, -0.05) is 18.2 Å². The van der Waals surface area contributed by atoms with Gasteiger partial charge in [0.1, 0.15) is 0 Å². The predicted molar refractivity (Wildman–Crippen MR) is 86.5 cm³/mol. The molecule has 0 N–H and O–H groups in total. The fourth-order valence-corrected chi connectivity index (χ4v) is 3.29. The summed E-state index contributed by atoms with van der Waals surface area (Å²) in [6.07, 6.45) is 3.92. The van der Waals surface area contributed by atoms with Gasteiger partial charge >= 0.3 is 0 Å². The van der Waals surface area contributed by atoms with Gasteiger partial charge in [-0.05, 0) is 26.0 Å². The Morgan fingerprint density at radius 3 is 2.57 bits per heavy atom. The van der Waals surface area contributed by atoms with Crippen molar-refractivity contribution in [2.75, 3.05) is 12.3 Å². The summed E-state index contributed by atoms with van der Waals surface area (Å²) >= 11 is 0. The Balaban J connectivity index is 1.93. The lowest BCUT2D eigenvalue weighted by atomic mass is 10.2. The molecule has 1 aromatic carbocycles. The Bertz CT molecular complexity index is 580. The maximum absolute atomic E-state index is 12.3. The molecule has 1 aromatic heterocycles. The zero-order valence-electron chi connectivity index (χ0n) is 12.9. The molecule has 0 amide bonds. The standard InChI is InChI=1S/C16H23N3OS/c1-14(2)19(13-15-11-17-18(3)12-15)9-10-21(20)16-7-5-4-6-8-16/h4-8,11-12,14H,9-10,13H2,1-3H3/t21-/m0/s1. The van der Waals surface area contributed by atoms with Crippen molar-refractivity contribution in [1.82, 2.24) is 14.7 Å². The average Bonchev–Trinajstić information content (AvgIpc) is 2.89. The molecule has 0 saturated carbocycles. The Kier molecular flexibility index (Phi) is 5.70. The normalized spacial score (nSPS) is 13.0. The molecule has 0 spiro atoms. The maximum Gasteiger partial charge on any atom is 0.0542 e. The highest BCUT2D eigenvalue weighted by Gasteiger charge is 2.13. The van der Waals surface area contributed by atoms with Gasteiger partial charge in [0.15, 0.2) is 0 Å². The van der Waals surface area contributed by atoms with Crippen molar-refractivity contribution in [2.24, 2.45) is 7.05 Å². The molecule has 1 heterocycles. The second kappa shape index (κ2) is 7.52. The van der Waals surface area contributed by atoms with E-state index < -0.39 is 10.8 Å². The molecule has 114 valence electrons. The van der Waals surface area contributed by atoms with Gasteiger partial charge in [0.05, 0.1) is 17.0 Å². The SMILES string of the molecule is CC(C)N(CC[S@](=O)c1ccccc1)Cc1cnn(C)c1. The van der Waals surface area contributed by atoms with E-state index in [1.165, 1.54) is 5.56 Å². The summed E-state index contributed by atoms with van der Waals surface area (Å²) in [6.45, 7) is 6.00. The minimum Gasteiger partial charge on any atom is -0.296 e. The zero-order valence-corrected chi connectivity index (χ0v) is 13.7. The van der Waals surface area contributed by atoms with Crippen LogP contribution in [0.25, 0.3) is 0 Å². The van der Waals surface area contributed by atoms with Crippen LogP contribution in [0.15, 0.2) is 47.6 Å². The van der Waals surface area contributed by atoms with Gasteiger partial charge in [-0.15, -0.1) is 0 Å². The van der Waals surface area contributed by atoms with Crippen molar-refractivity contribution in [3.63, 3.8) is 0 Å². The first-order chi connectivity index (χ1) is 10.1. The summed E-state index contributed by atoms with van der Waals surface area (Å²) in [5, 5.41) is 4.20. The second-order valence-corrected chi connectivity index (χ2v) is 7.02. The number of hydrogen-bond donors (Lipinski definition) is 0. The average molecular weight is 305 g/mol. The lowest BCUT2D eigenvalue weighted by Gasteiger charge is -2.25. The van der Waals surface area contributed by atoms with E-state index >= 15 is 0 Å². The van der Waals surface area contributed by atoms with Crippen molar-refractivity contribution in [3.05, 3.63) is 48.3 Å². The molecule has 2 rings (SSSR count). The minimum atomic E-state index is -0.936. The molecule has 1 atom stereocenters. The lowest BCUT2D eigenvalue weighted by molar-refractivity contribution is 0.226. The lowest BCUT2D eigenvalue weighted by Crippen LogP contribution is -2.33. The largest absolute Gasteiger partial charge is 0.296 e. The van der Waals surface area contributed by atoms with Crippen LogP contribution in [0.2, 0.25) is 0 Å². The summed E-state index contributed by atoms with van der Waals surface area (Å²) in [7, 11) is 0.988. The van der Waals surface area contributed by atoms with Gasteiger partial charge in [0, 0.05) is 48.6 Å². The van der Waals surface area contributed by atoms with Gasteiger partial charge in [0.25, 0.3) is 0 Å². The molecule has 0 unspecified atom stereocenters. The number of nitrogens with zero attached hydrogens (tertiary/aromatic N) is 3. The first kappa shape index (κ1) is 15.9. The molecule has 0 saturated heterocycles. The van der Waals surface area contributed by atoms with Crippen molar-refractivity contribution >= 4 is 10.8 Å². The Morgan fingerprint density at radius 2 is 2.00 bits per heavy atom. The highest BCUT2D eigenvalue weighted by molar-refractivity contribution is 7.85. The van der Waals surface area contributed by atoms with Crippen LogP contribution in [-0.2, 0) is 24.4 Å². The number of hydrogen-bond acceptors (Lipinski definition) is 3. The van der Waals surface area contributed by atoms with Gasteiger partial charge in [0.2, 0.25) is 0 Å². The van der Waals surface area contributed by atoms with Crippen LogP contribution in [0.3, 0.4) is 0 Å². The van der Waals surface area contributed by atoms with E-state index in [2.05, 4.69) is 23.8 Å². The fraction of sp³-hybridized carbons (Fsp3) is 0.438. The topological polar surface area (TPSA) is 38.1 Å². The fourth-order valence-electron chi connectivity index (χ4n) is 2.20. The van der Waals surface area contributed by atoms with E-state index in [4.69, 9.17) is 0 Å². The molecular formula is C16H23N3OS. The summed E-state index contributed by atoms with van der Waals surface area (Å²) in [6, 6.07) is 10.1. The van der Waals surface area contributed by atoms with Crippen LogP contribution >= 0.6 is 0 Å². The second-order valence-electron chi connectivity index (χ2n) is 5.45. The predicted octanol–water partition coefficient (Wildman–Crippen LogP) is 2.44. The van der Waals surface area contributed by atoms with Crippen LogP contribution in [0.4, 0.5) is 0 Å². The van der Waals surface area contributed by atoms with Crippen molar-refractivity contribution in [3.8, 4) is 0 Å². The van der Waals surface area contributed by atoms with Crippen molar-refractivity contribution < 1.29 is 4.21 Å². The smallest absolute Gasteiger partial charge is 0.0542 e. The monoisotopic (exact) mass is 305 g/mol. The molecule has 4 nitrogen and oxygen atoms in total. The van der Waals surface area contributed by atoms with E-state index in [0.29, 0.717) is 11.8 Å². The summed E-state index contributed by atoms with van der Waals surface area (Å²) < 4.78 is 14.1. The highest BCUT2D eigenvalue weighted by Crippen LogP contribution is 2.10. The number of aromatic nitrogens is 2. The highest BCUT2D eigenvalue weighted by atomic mass is 32.2. The van der Waals surface area contributed by atoms with E-state index in [1.54, 1.807) is 0 Å². The molecule has 2 aromatic rings. The summed E-state index contributed by atoms with van der Waals surface area (Å²) in [4.78, 5) is 3.24. The quantitative estimate of drug-likeness (QED) is 0.788. The molecule has 21 heavy (non-hydrogen) atoms. The zero-order chi connectivity index (χ0) is 15.2. The van der Waals surface area contributed by atoms with E-state index in [0.717, 1.165) is 18.0 Å². The molecule has 0 aliphatic heterocycles. The van der Waals surface area contributed by atoms with Crippen molar-refractivity contribution in [2.45, 2.75) is 31.3 Å². The molecule has 5 heteroatoms. The Morgan fingerprint density at radius 1 is 1.29 bits per heavy atom. The first-order valence-electron chi connectivity index (χ1n) is 7.21. The van der Waals surface area contributed by atoms with Crippen LogP contribution in [-0.4, -0.2) is 37.2 Å². The maximum atomic E-state index is 12.3. The third-order valence-corrected chi connectivity index (χ3v) is 4.80. The third kappa shape index (κ3) is 4.79. The van der Waals surface area contributed by atoms with Gasteiger partial charge < -0.3 is 0 Å².